The third kappa shape index (κ3) is 1.42. The van der Waals surface area contributed by atoms with Crippen molar-refractivity contribution in [2.24, 2.45) is 5.41 Å². The molecular weight excluding hydrogens is 222 g/mol. The van der Waals surface area contributed by atoms with Crippen LogP contribution in [0.25, 0.3) is 0 Å². The summed E-state index contributed by atoms with van der Waals surface area (Å²) in [5, 5.41) is 0. The van der Waals surface area contributed by atoms with E-state index in [2.05, 4.69) is 49.2 Å². The van der Waals surface area contributed by atoms with Gasteiger partial charge in [-0.1, -0.05) is 50.2 Å². The van der Waals surface area contributed by atoms with E-state index < -0.39 is 0 Å². The lowest BCUT2D eigenvalue weighted by atomic mass is 9.63. The van der Waals surface area contributed by atoms with Crippen LogP contribution in [0.1, 0.15) is 25.0 Å². The van der Waals surface area contributed by atoms with Crippen LogP contribution < -0.4 is 0 Å². The molecule has 1 saturated heterocycles. The van der Waals surface area contributed by atoms with E-state index in [0.717, 1.165) is 12.2 Å². The van der Waals surface area contributed by atoms with Gasteiger partial charge in [-0.05, 0) is 11.6 Å². The first kappa shape index (κ1) is 11.4. The van der Waals surface area contributed by atoms with Crippen molar-refractivity contribution in [3.05, 3.63) is 66.0 Å². The van der Waals surface area contributed by atoms with Crippen LogP contribution in [-0.2, 0) is 10.3 Å². The van der Waals surface area contributed by atoms with E-state index in [1.54, 1.807) is 6.20 Å². The Kier molecular flexibility index (Phi) is 2.49. The van der Waals surface area contributed by atoms with E-state index in [-0.39, 0.29) is 11.0 Å². The highest BCUT2D eigenvalue weighted by Gasteiger charge is 2.57. The molecule has 92 valence electrons. The van der Waals surface area contributed by atoms with E-state index in [9.17, 15) is 0 Å². The zero-order chi connectivity index (χ0) is 12.6. The van der Waals surface area contributed by atoms with Crippen LogP contribution in [0.2, 0.25) is 0 Å². The summed E-state index contributed by atoms with van der Waals surface area (Å²) in [6, 6.07) is 14.5. The maximum Gasteiger partial charge on any atom is 0.127 e. The SMILES string of the molecule is CC1(C)CO[C@@]1(c1ccccc1)c1cccnc1. The van der Waals surface area contributed by atoms with Crippen LogP contribution in [0.15, 0.2) is 54.9 Å². The van der Waals surface area contributed by atoms with E-state index >= 15 is 0 Å². The Bertz CT molecular complexity index is 494. The van der Waals surface area contributed by atoms with Gasteiger partial charge >= 0.3 is 0 Å². The number of ether oxygens (including phenoxy) is 1. The van der Waals surface area contributed by atoms with Crippen LogP contribution in [0, 0.1) is 5.41 Å². The molecule has 1 aromatic heterocycles. The predicted molar refractivity (Wildman–Crippen MR) is 71.2 cm³/mol. The Labute approximate surface area is 108 Å². The summed E-state index contributed by atoms with van der Waals surface area (Å²) in [6.45, 7) is 5.27. The first-order valence-electron chi connectivity index (χ1n) is 6.27. The average molecular weight is 239 g/mol. The first-order chi connectivity index (χ1) is 8.67. The van der Waals surface area contributed by atoms with Gasteiger partial charge in [-0.25, -0.2) is 0 Å². The molecule has 2 heteroatoms. The van der Waals surface area contributed by atoms with Gasteiger partial charge in [0.25, 0.3) is 0 Å². The summed E-state index contributed by atoms with van der Waals surface area (Å²) in [5.74, 6) is 0. The molecule has 2 heterocycles. The summed E-state index contributed by atoms with van der Waals surface area (Å²) in [7, 11) is 0. The van der Waals surface area contributed by atoms with Gasteiger partial charge in [0.05, 0.1) is 6.61 Å². The highest BCUT2D eigenvalue weighted by Crippen LogP contribution is 2.55. The molecule has 1 atom stereocenters. The van der Waals surface area contributed by atoms with Gasteiger partial charge in [0, 0.05) is 23.4 Å². The molecule has 0 bridgehead atoms. The second-order valence-corrected chi connectivity index (χ2v) is 5.46. The fourth-order valence-electron chi connectivity index (χ4n) is 2.86. The van der Waals surface area contributed by atoms with Crippen molar-refractivity contribution in [1.82, 2.24) is 4.98 Å². The number of pyridine rings is 1. The summed E-state index contributed by atoms with van der Waals surface area (Å²) < 4.78 is 6.07. The van der Waals surface area contributed by atoms with Gasteiger partial charge in [-0.15, -0.1) is 0 Å². The molecule has 18 heavy (non-hydrogen) atoms. The lowest BCUT2D eigenvalue weighted by Crippen LogP contribution is -2.58. The second-order valence-electron chi connectivity index (χ2n) is 5.46. The van der Waals surface area contributed by atoms with Gasteiger partial charge in [0.2, 0.25) is 0 Å². The predicted octanol–water partition coefficient (Wildman–Crippen LogP) is 3.38. The number of aromatic nitrogens is 1. The average Bonchev–Trinajstić information content (AvgIpc) is 2.41. The summed E-state index contributed by atoms with van der Waals surface area (Å²) in [4.78, 5) is 4.24. The Morgan fingerprint density at radius 1 is 1.00 bits per heavy atom. The van der Waals surface area contributed by atoms with Crippen molar-refractivity contribution in [2.45, 2.75) is 19.4 Å². The standard InChI is InChI=1S/C16H17NO/c1-15(2)12-18-16(15,13-7-4-3-5-8-13)14-9-6-10-17-11-14/h3-11H,12H2,1-2H3/t16-/m0/s1. The van der Waals surface area contributed by atoms with Gasteiger partial charge < -0.3 is 4.74 Å². The second kappa shape index (κ2) is 3.92. The minimum absolute atomic E-state index is 0.0807. The molecule has 0 spiro atoms. The highest BCUT2D eigenvalue weighted by atomic mass is 16.5. The van der Waals surface area contributed by atoms with Crippen LogP contribution in [0.4, 0.5) is 0 Å². The molecular formula is C16H17NO. The van der Waals surface area contributed by atoms with Crippen LogP contribution in [0.3, 0.4) is 0 Å². The van der Waals surface area contributed by atoms with Crippen molar-refractivity contribution in [3.8, 4) is 0 Å². The molecule has 1 fully saturated rings. The van der Waals surface area contributed by atoms with E-state index in [4.69, 9.17) is 4.74 Å². The Morgan fingerprint density at radius 2 is 1.72 bits per heavy atom. The van der Waals surface area contributed by atoms with Crippen molar-refractivity contribution in [1.29, 1.82) is 0 Å². The first-order valence-corrected chi connectivity index (χ1v) is 6.27. The lowest BCUT2D eigenvalue weighted by Gasteiger charge is -2.56. The van der Waals surface area contributed by atoms with E-state index in [1.165, 1.54) is 5.56 Å². The molecule has 1 aromatic carbocycles. The van der Waals surface area contributed by atoms with Crippen molar-refractivity contribution < 1.29 is 4.74 Å². The third-order valence-corrected chi connectivity index (χ3v) is 3.85. The maximum absolute atomic E-state index is 6.07. The smallest absolute Gasteiger partial charge is 0.127 e. The lowest BCUT2D eigenvalue weighted by molar-refractivity contribution is -0.235. The largest absolute Gasteiger partial charge is 0.364 e. The Balaban J connectivity index is 2.18. The number of nitrogens with zero attached hydrogens (tertiary/aromatic N) is 1. The van der Waals surface area contributed by atoms with Crippen LogP contribution in [0.5, 0.6) is 0 Å². The molecule has 0 aliphatic carbocycles. The highest BCUT2D eigenvalue weighted by molar-refractivity contribution is 5.40. The molecule has 2 nitrogen and oxygen atoms in total. The third-order valence-electron chi connectivity index (χ3n) is 3.85. The summed E-state index contributed by atoms with van der Waals surface area (Å²) >= 11 is 0. The number of hydrogen-bond acceptors (Lipinski definition) is 2. The molecule has 2 aromatic rings. The minimum Gasteiger partial charge on any atom is -0.364 e. The molecule has 0 saturated carbocycles. The van der Waals surface area contributed by atoms with Gasteiger partial charge in [-0.2, -0.15) is 0 Å². The zero-order valence-corrected chi connectivity index (χ0v) is 10.8. The molecule has 0 N–H and O–H groups in total. The Morgan fingerprint density at radius 3 is 2.22 bits per heavy atom. The van der Waals surface area contributed by atoms with Crippen molar-refractivity contribution >= 4 is 0 Å². The van der Waals surface area contributed by atoms with Gasteiger partial charge in [0.15, 0.2) is 0 Å². The zero-order valence-electron chi connectivity index (χ0n) is 10.8. The normalized spacial score (nSPS) is 25.4. The topological polar surface area (TPSA) is 22.1 Å². The quantitative estimate of drug-likeness (QED) is 0.801. The van der Waals surface area contributed by atoms with Crippen molar-refractivity contribution in [3.63, 3.8) is 0 Å². The number of benzene rings is 1. The molecule has 1 aliphatic rings. The maximum atomic E-state index is 6.07. The fraction of sp³-hybridized carbons (Fsp3) is 0.312. The molecule has 0 radical (unpaired) electrons. The number of hydrogen-bond donors (Lipinski definition) is 0. The van der Waals surface area contributed by atoms with E-state index in [0.29, 0.717) is 0 Å². The van der Waals surface area contributed by atoms with Crippen LogP contribution >= 0.6 is 0 Å². The van der Waals surface area contributed by atoms with Gasteiger partial charge in [-0.3, -0.25) is 4.98 Å². The Hall–Kier alpha value is -1.67. The summed E-state index contributed by atoms with van der Waals surface area (Å²) in [5.41, 5.74) is 2.06. The minimum atomic E-state index is -0.359. The monoisotopic (exact) mass is 239 g/mol. The molecule has 0 unspecified atom stereocenters. The molecule has 1 aliphatic heterocycles. The fourth-order valence-corrected chi connectivity index (χ4v) is 2.86. The molecule has 3 rings (SSSR count). The molecule has 0 amide bonds. The van der Waals surface area contributed by atoms with Crippen LogP contribution in [-0.4, -0.2) is 11.6 Å². The summed E-state index contributed by atoms with van der Waals surface area (Å²) in [6.07, 6.45) is 3.71. The number of rotatable bonds is 2. The van der Waals surface area contributed by atoms with Gasteiger partial charge in [0.1, 0.15) is 5.60 Å². The van der Waals surface area contributed by atoms with Crippen molar-refractivity contribution in [2.75, 3.05) is 6.61 Å². The van der Waals surface area contributed by atoms with E-state index in [1.807, 2.05) is 18.3 Å².